The minimum absolute atomic E-state index is 0.191. The normalized spacial score (nSPS) is 12.6. The van der Waals surface area contributed by atoms with Gasteiger partial charge in [0.1, 0.15) is 0 Å². The smallest absolute Gasteiger partial charge is 0.307 e. The van der Waals surface area contributed by atoms with Gasteiger partial charge in [-0.05, 0) is 25.2 Å². The molecule has 0 amide bonds. The summed E-state index contributed by atoms with van der Waals surface area (Å²) < 4.78 is 0. The molecule has 1 atom stereocenters. The Hall–Kier alpha value is -0.530. The van der Waals surface area contributed by atoms with Crippen molar-refractivity contribution < 1.29 is 9.90 Å². The van der Waals surface area contributed by atoms with Crippen LogP contribution in [0.15, 0.2) is 0 Å². The predicted octanol–water partition coefficient (Wildman–Crippen LogP) is 8.73. The van der Waals surface area contributed by atoms with Gasteiger partial charge in [0.2, 0.25) is 0 Å². The second kappa shape index (κ2) is 20.2. The second-order valence-electron chi connectivity index (χ2n) is 8.43. The molecule has 0 saturated carbocycles. The quantitative estimate of drug-likeness (QED) is 0.202. The molecule has 1 N–H and O–H groups in total. The molecule has 1 unspecified atom stereocenters. The van der Waals surface area contributed by atoms with E-state index in [0.717, 1.165) is 44.9 Å². The molecular formula is C25H49O2. The Kier molecular flexibility index (Phi) is 19.8. The molecule has 0 aliphatic heterocycles. The summed E-state index contributed by atoms with van der Waals surface area (Å²) in [6.45, 7) is 6.62. The Labute approximate surface area is 170 Å². The van der Waals surface area contributed by atoms with Crippen LogP contribution in [0.5, 0.6) is 0 Å². The van der Waals surface area contributed by atoms with Crippen molar-refractivity contribution in [2.75, 3.05) is 0 Å². The molecule has 2 heteroatoms. The van der Waals surface area contributed by atoms with Crippen molar-refractivity contribution in [1.29, 1.82) is 0 Å². The average Bonchev–Trinajstić information content (AvgIpc) is 2.66. The lowest BCUT2D eigenvalue weighted by Gasteiger charge is -2.23. The molecule has 0 rings (SSSR count). The minimum atomic E-state index is -0.589. The maximum atomic E-state index is 11.7. The Morgan fingerprint density at radius 1 is 0.593 bits per heavy atom. The molecule has 0 aromatic rings. The highest BCUT2D eigenvalue weighted by Gasteiger charge is 2.27. The number of aliphatic carboxylic acids is 1. The zero-order valence-corrected chi connectivity index (χ0v) is 18.9. The topological polar surface area (TPSA) is 37.3 Å². The Bertz CT molecular complexity index is 313. The van der Waals surface area contributed by atoms with E-state index in [4.69, 9.17) is 0 Å². The molecule has 0 fully saturated rings. The highest BCUT2D eigenvalue weighted by Crippen LogP contribution is 2.31. The van der Waals surface area contributed by atoms with Crippen LogP contribution >= 0.6 is 0 Å². The number of hydrogen-bond donors (Lipinski definition) is 1. The van der Waals surface area contributed by atoms with Gasteiger partial charge in [-0.1, -0.05) is 124 Å². The van der Waals surface area contributed by atoms with Gasteiger partial charge in [-0.25, -0.2) is 0 Å². The van der Waals surface area contributed by atoms with Crippen molar-refractivity contribution in [2.45, 2.75) is 143 Å². The van der Waals surface area contributed by atoms with Crippen molar-refractivity contribution in [2.24, 2.45) is 5.92 Å². The third-order valence-corrected chi connectivity index (χ3v) is 5.84. The van der Waals surface area contributed by atoms with Crippen molar-refractivity contribution >= 4 is 5.97 Å². The highest BCUT2D eigenvalue weighted by molar-refractivity contribution is 5.72. The molecular weight excluding hydrogens is 332 g/mol. The van der Waals surface area contributed by atoms with Crippen molar-refractivity contribution in [3.05, 3.63) is 5.92 Å². The fourth-order valence-electron chi connectivity index (χ4n) is 3.98. The third kappa shape index (κ3) is 16.2. The van der Waals surface area contributed by atoms with Gasteiger partial charge in [0, 0.05) is 0 Å². The zero-order chi connectivity index (χ0) is 20.2. The summed E-state index contributed by atoms with van der Waals surface area (Å²) >= 11 is 0. The highest BCUT2D eigenvalue weighted by atomic mass is 16.4. The van der Waals surface area contributed by atoms with Gasteiger partial charge in [0.05, 0.1) is 5.92 Å². The fourth-order valence-corrected chi connectivity index (χ4v) is 3.98. The van der Waals surface area contributed by atoms with Crippen LogP contribution in [0.1, 0.15) is 143 Å². The first-order valence-corrected chi connectivity index (χ1v) is 12.2. The summed E-state index contributed by atoms with van der Waals surface area (Å²) in [4.78, 5) is 11.7. The number of carbonyl (C=O) groups is 1. The van der Waals surface area contributed by atoms with Crippen LogP contribution in [0.2, 0.25) is 0 Å². The van der Waals surface area contributed by atoms with E-state index in [1.165, 1.54) is 83.0 Å². The summed E-state index contributed by atoms with van der Waals surface area (Å²) in [6.07, 6.45) is 23.7. The number of unbranched alkanes of at least 4 members (excludes halogenated alkanes) is 13. The molecule has 0 bridgehead atoms. The Balaban J connectivity index is 3.84. The predicted molar refractivity (Wildman–Crippen MR) is 119 cm³/mol. The molecule has 0 aliphatic rings. The second-order valence-corrected chi connectivity index (χ2v) is 8.43. The molecule has 0 spiro atoms. The van der Waals surface area contributed by atoms with E-state index in [-0.39, 0.29) is 5.92 Å². The standard InChI is InChI=1S/C25H49O2/c1-4-7-10-11-12-13-14-15-16-17-18-19-21-23(20-8-5-2)24(25(26)27)22-9-6-3/h24H,4-22H2,1-3H3,(H,26,27). The molecule has 161 valence electrons. The van der Waals surface area contributed by atoms with Crippen molar-refractivity contribution in [3.63, 3.8) is 0 Å². The van der Waals surface area contributed by atoms with E-state index in [2.05, 4.69) is 20.8 Å². The van der Waals surface area contributed by atoms with E-state index in [1.54, 1.807) is 0 Å². The Morgan fingerprint density at radius 2 is 1.00 bits per heavy atom. The maximum Gasteiger partial charge on any atom is 0.307 e. The SMILES string of the molecule is CCCCCCCCCCCCCC[C](CCCC)C(CCCC)C(=O)O. The summed E-state index contributed by atoms with van der Waals surface area (Å²) in [5.41, 5.74) is 0. The third-order valence-electron chi connectivity index (χ3n) is 5.84. The first-order chi connectivity index (χ1) is 13.2. The van der Waals surface area contributed by atoms with Gasteiger partial charge < -0.3 is 5.11 Å². The van der Waals surface area contributed by atoms with Gasteiger partial charge in [-0.3, -0.25) is 4.79 Å². The van der Waals surface area contributed by atoms with Gasteiger partial charge in [0.25, 0.3) is 0 Å². The molecule has 0 heterocycles. The summed E-state index contributed by atoms with van der Waals surface area (Å²) in [5.74, 6) is 0.544. The molecule has 27 heavy (non-hydrogen) atoms. The first-order valence-electron chi connectivity index (χ1n) is 12.2. The van der Waals surface area contributed by atoms with Crippen LogP contribution in [0.25, 0.3) is 0 Å². The summed E-state index contributed by atoms with van der Waals surface area (Å²) in [5, 5.41) is 9.64. The van der Waals surface area contributed by atoms with Crippen LogP contribution < -0.4 is 0 Å². The van der Waals surface area contributed by atoms with Gasteiger partial charge in [-0.15, -0.1) is 0 Å². The van der Waals surface area contributed by atoms with E-state index in [0.29, 0.717) is 0 Å². The number of rotatable bonds is 21. The van der Waals surface area contributed by atoms with Gasteiger partial charge >= 0.3 is 5.97 Å². The van der Waals surface area contributed by atoms with Crippen molar-refractivity contribution in [3.8, 4) is 0 Å². The number of carboxylic acids is 1. The summed E-state index contributed by atoms with van der Waals surface area (Å²) in [7, 11) is 0. The number of carboxylic acid groups (broad SMARTS) is 1. The minimum Gasteiger partial charge on any atom is -0.481 e. The van der Waals surface area contributed by atoms with Gasteiger partial charge in [0.15, 0.2) is 0 Å². The summed E-state index contributed by atoms with van der Waals surface area (Å²) in [6, 6.07) is 0. The largest absolute Gasteiger partial charge is 0.481 e. The van der Waals surface area contributed by atoms with Crippen LogP contribution in [0, 0.1) is 11.8 Å². The van der Waals surface area contributed by atoms with E-state index in [1.807, 2.05) is 0 Å². The molecule has 2 nitrogen and oxygen atoms in total. The van der Waals surface area contributed by atoms with Gasteiger partial charge in [-0.2, -0.15) is 0 Å². The van der Waals surface area contributed by atoms with Crippen molar-refractivity contribution in [1.82, 2.24) is 0 Å². The van der Waals surface area contributed by atoms with Crippen LogP contribution in [0.4, 0.5) is 0 Å². The van der Waals surface area contributed by atoms with Crippen LogP contribution in [-0.4, -0.2) is 11.1 Å². The van der Waals surface area contributed by atoms with Crippen LogP contribution in [-0.2, 0) is 4.79 Å². The lowest BCUT2D eigenvalue weighted by atomic mass is 9.81. The first kappa shape index (κ1) is 26.5. The van der Waals surface area contributed by atoms with E-state index in [9.17, 15) is 9.90 Å². The zero-order valence-electron chi connectivity index (χ0n) is 18.9. The lowest BCUT2D eigenvalue weighted by molar-refractivity contribution is -0.141. The van der Waals surface area contributed by atoms with Crippen LogP contribution in [0.3, 0.4) is 0 Å². The monoisotopic (exact) mass is 381 g/mol. The maximum absolute atomic E-state index is 11.7. The molecule has 0 aromatic carbocycles. The fraction of sp³-hybridized carbons (Fsp3) is 0.920. The average molecular weight is 382 g/mol. The molecule has 0 aromatic heterocycles. The van der Waals surface area contributed by atoms with E-state index < -0.39 is 5.97 Å². The molecule has 0 saturated heterocycles. The Morgan fingerprint density at radius 3 is 1.44 bits per heavy atom. The number of hydrogen-bond acceptors (Lipinski definition) is 1. The van der Waals surface area contributed by atoms with E-state index >= 15 is 0 Å². The molecule has 1 radical (unpaired) electrons. The molecule has 0 aliphatic carbocycles. The lowest BCUT2D eigenvalue weighted by Crippen LogP contribution is -2.22.